The van der Waals surface area contributed by atoms with Crippen molar-refractivity contribution in [1.29, 1.82) is 0 Å². The molecule has 2 saturated heterocycles. The second kappa shape index (κ2) is 3.93. The number of fused-ring (bicyclic) bond motifs is 2. The zero-order chi connectivity index (χ0) is 12.0. The van der Waals surface area contributed by atoms with Crippen LogP contribution in [0, 0.1) is 11.3 Å². The van der Waals surface area contributed by atoms with Crippen molar-refractivity contribution in [3.05, 3.63) is 0 Å². The molecule has 2 heterocycles. The van der Waals surface area contributed by atoms with Crippen molar-refractivity contribution in [2.24, 2.45) is 11.3 Å². The average Bonchev–Trinajstić information content (AvgIpc) is 2.20. The number of hydrogen-bond acceptors (Lipinski definition) is 1. The Labute approximate surface area is 106 Å². The van der Waals surface area contributed by atoms with Gasteiger partial charge in [-0.25, -0.2) is 0 Å². The largest absolute Gasteiger partial charge is 0.148 e. The van der Waals surface area contributed by atoms with E-state index in [2.05, 4.69) is 46.4 Å². The van der Waals surface area contributed by atoms with Gasteiger partial charge in [0, 0.05) is 9.49 Å². The van der Waals surface area contributed by atoms with Gasteiger partial charge < -0.3 is 0 Å². The van der Waals surface area contributed by atoms with E-state index in [1.807, 2.05) is 0 Å². The van der Waals surface area contributed by atoms with E-state index in [0.29, 0.717) is 14.9 Å². The quantitative estimate of drug-likeness (QED) is 0.602. The molecular weight excluding hydrogens is 212 g/mol. The summed E-state index contributed by atoms with van der Waals surface area (Å²) in [6, 6.07) is 0. The Hall–Kier alpha value is 0.350. The van der Waals surface area contributed by atoms with Crippen LogP contribution in [-0.2, 0) is 0 Å². The Balaban J connectivity index is 2.33. The minimum absolute atomic E-state index is 0.555. The van der Waals surface area contributed by atoms with E-state index in [4.69, 9.17) is 0 Å². The molecule has 0 aromatic carbocycles. The molecule has 0 aromatic heterocycles. The monoisotopic (exact) mass is 240 g/mol. The molecule has 2 aliphatic rings. The Morgan fingerprint density at radius 2 is 1.62 bits per heavy atom. The van der Waals surface area contributed by atoms with E-state index >= 15 is 0 Å². The summed E-state index contributed by atoms with van der Waals surface area (Å²) in [4.78, 5) is 0. The van der Waals surface area contributed by atoms with Crippen LogP contribution in [-0.4, -0.2) is 9.49 Å². The highest BCUT2D eigenvalue weighted by molar-refractivity contribution is 8.02. The summed E-state index contributed by atoms with van der Waals surface area (Å²) in [5.41, 5.74) is 0.555. The van der Waals surface area contributed by atoms with Crippen LogP contribution in [0.1, 0.15) is 73.1 Å². The normalized spacial score (nSPS) is 43.1. The van der Waals surface area contributed by atoms with E-state index < -0.39 is 0 Å². The highest BCUT2D eigenvalue weighted by atomic mass is 32.2. The Kier molecular flexibility index (Phi) is 3.15. The summed E-state index contributed by atoms with van der Waals surface area (Å²) in [5, 5.41) is 0. The van der Waals surface area contributed by atoms with Gasteiger partial charge in [0.25, 0.3) is 0 Å². The topological polar surface area (TPSA) is 0 Å². The van der Waals surface area contributed by atoms with Gasteiger partial charge in [0.1, 0.15) is 0 Å². The van der Waals surface area contributed by atoms with Gasteiger partial charge in [0.05, 0.1) is 0 Å². The fraction of sp³-hybridized carbons (Fsp3) is 1.00. The Morgan fingerprint density at radius 1 is 0.938 bits per heavy atom. The Bertz CT molecular complexity index is 265. The van der Waals surface area contributed by atoms with Gasteiger partial charge in [-0.05, 0) is 43.4 Å². The fourth-order valence-electron chi connectivity index (χ4n) is 3.77. The van der Waals surface area contributed by atoms with E-state index in [1.165, 1.54) is 38.5 Å². The third kappa shape index (κ3) is 2.30. The second-order valence-corrected chi connectivity index (χ2v) is 9.47. The minimum Gasteiger partial charge on any atom is -0.148 e. The zero-order valence-corrected chi connectivity index (χ0v) is 12.5. The molecular formula is C15H28S. The average molecular weight is 240 g/mol. The molecule has 2 fully saturated rings. The van der Waals surface area contributed by atoms with E-state index in [1.54, 1.807) is 0 Å². The SMILES string of the molecule is CC(C)C12CCCC(C)(CCC(C)(C)C1)S2. The van der Waals surface area contributed by atoms with Crippen LogP contribution < -0.4 is 0 Å². The molecule has 0 aromatic rings. The molecule has 2 aliphatic heterocycles. The lowest BCUT2D eigenvalue weighted by molar-refractivity contribution is 0.234. The van der Waals surface area contributed by atoms with Gasteiger partial charge in [0.15, 0.2) is 0 Å². The molecule has 2 atom stereocenters. The Morgan fingerprint density at radius 3 is 2.25 bits per heavy atom. The summed E-state index contributed by atoms with van der Waals surface area (Å²) < 4.78 is 1.16. The van der Waals surface area contributed by atoms with Crippen molar-refractivity contribution >= 4 is 11.8 Å². The van der Waals surface area contributed by atoms with E-state index in [-0.39, 0.29) is 0 Å². The van der Waals surface area contributed by atoms with Gasteiger partial charge in [0.2, 0.25) is 0 Å². The highest BCUT2D eigenvalue weighted by Crippen LogP contribution is 2.60. The lowest BCUT2D eigenvalue weighted by Crippen LogP contribution is -2.41. The third-order valence-corrected chi connectivity index (χ3v) is 7.04. The summed E-state index contributed by atoms with van der Waals surface area (Å²) in [6.45, 7) is 12.4. The van der Waals surface area contributed by atoms with Crippen molar-refractivity contribution in [3.63, 3.8) is 0 Å². The van der Waals surface area contributed by atoms with Crippen molar-refractivity contribution in [3.8, 4) is 0 Å². The summed E-state index contributed by atoms with van der Waals surface area (Å²) in [6.07, 6.45) is 8.64. The first-order valence-corrected chi connectivity index (χ1v) is 7.79. The molecule has 0 nitrogen and oxygen atoms in total. The fourth-order valence-corrected chi connectivity index (χ4v) is 6.14. The third-order valence-electron chi connectivity index (χ3n) is 4.92. The molecule has 0 spiro atoms. The van der Waals surface area contributed by atoms with Crippen LogP contribution in [0.2, 0.25) is 0 Å². The molecule has 0 saturated carbocycles. The molecule has 2 rings (SSSR count). The van der Waals surface area contributed by atoms with Gasteiger partial charge in [-0.15, -0.1) is 11.8 Å². The predicted octanol–water partition coefficient (Wildman–Crippen LogP) is 5.27. The molecule has 0 aliphatic carbocycles. The number of hydrogen-bond donors (Lipinski definition) is 0. The van der Waals surface area contributed by atoms with Crippen LogP contribution in [0.15, 0.2) is 0 Å². The van der Waals surface area contributed by atoms with E-state index in [0.717, 1.165) is 5.92 Å². The maximum absolute atomic E-state index is 2.52. The first-order valence-electron chi connectivity index (χ1n) is 6.97. The smallest absolute Gasteiger partial charge is 0.0193 e. The van der Waals surface area contributed by atoms with Crippen molar-refractivity contribution < 1.29 is 0 Å². The van der Waals surface area contributed by atoms with Crippen molar-refractivity contribution in [1.82, 2.24) is 0 Å². The number of rotatable bonds is 1. The summed E-state index contributed by atoms with van der Waals surface area (Å²) in [5.74, 6) is 0.828. The zero-order valence-electron chi connectivity index (χ0n) is 11.7. The maximum Gasteiger partial charge on any atom is 0.0193 e. The van der Waals surface area contributed by atoms with Crippen LogP contribution in [0.25, 0.3) is 0 Å². The van der Waals surface area contributed by atoms with Gasteiger partial charge in [-0.1, -0.05) is 41.0 Å². The lowest BCUT2D eigenvalue weighted by Gasteiger charge is -2.48. The summed E-state index contributed by atoms with van der Waals surface area (Å²) >= 11 is 2.35. The molecule has 0 amide bonds. The summed E-state index contributed by atoms with van der Waals surface area (Å²) in [7, 11) is 0. The lowest BCUT2D eigenvalue weighted by atomic mass is 9.74. The van der Waals surface area contributed by atoms with Crippen LogP contribution in [0.5, 0.6) is 0 Å². The van der Waals surface area contributed by atoms with E-state index in [9.17, 15) is 0 Å². The molecule has 1 heteroatoms. The highest BCUT2D eigenvalue weighted by Gasteiger charge is 2.49. The van der Waals surface area contributed by atoms with Crippen LogP contribution >= 0.6 is 11.8 Å². The van der Waals surface area contributed by atoms with Gasteiger partial charge in [-0.3, -0.25) is 0 Å². The maximum atomic E-state index is 2.52. The van der Waals surface area contributed by atoms with Crippen LogP contribution in [0.4, 0.5) is 0 Å². The van der Waals surface area contributed by atoms with Crippen molar-refractivity contribution in [2.45, 2.75) is 82.6 Å². The van der Waals surface area contributed by atoms with Gasteiger partial charge >= 0.3 is 0 Å². The molecule has 94 valence electrons. The van der Waals surface area contributed by atoms with Crippen LogP contribution in [0.3, 0.4) is 0 Å². The first kappa shape index (κ1) is 12.8. The predicted molar refractivity (Wildman–Crippen MR) is 75.0 cm³/mol. The second-order valence-electron chi connectivity index (χ2n) is 7.47. The first-order chi connectivity index (χ1) is 7.27. The minimum atomic E-state index is 0.555. The molecule has 0 N–H and O–H groups in total. The molecule has 2 unspecified atom stereocenters. The molecule has 16 heavy (non-hydrogen) atoms. The van der Waals surface area contributed by atoms with Gasteiger partial charge in [-0.2, -0.15) is 0 Å². The number of thioether (sulfide) groups is 1. The molecule has 2 bridgehead atoms. The molecule has 0 radical (unpaired) electrons. The standard InChI is InChI=1S/C15H28S/c1-12(2)15-8-6-7-14(5,16-15)10-9-13(3,4)11-15/h12H,6-11H2,1-5H3. The van der Waals surface area contributed by atoms with Crippen molar-refractivity contribution in [2.75, 3.05) is 0 Å².